The van der Waals surface area contributed by atoms with Gasteiger partial charge >= 0.3 is 6.03 Å². The van der Waals surface area contributed by atoms with Crippen molar-refractivity contribution in [1.29, 1.82) is 0 Å². The molecular weight excluding hydrogens is 470 g/mol. The summed E-state index contributed by atoms with van der Waals surface area (Å²) in [6.07, 6.45) is 2.82. The maximum absolute atomic E-state index is 12.8. The van der Waals surface area contributed by atoms with Gasteiger partial charge in [0.25, 0.3) is 0 Å². The zero-order chi connectivity index (χ0) is 25.2. The van der Waals surface area contributed by atoms with Gasteiger partial charge in [0.05, 0.1) is 6.26 Å². The molecule has 2 aromatic rings. The number of carbonyl (C=O) groups is 2. The molecule has 3 heterocycles. The van der Waals surface area contributed by atoms with Gasteiger partial charge in [-0.1, -0.05) is 12.1 Å². The van der Waals surface area contributed by atoms with Crippen LogP contribution in [0.4, 0.5) is 16.3 Å². The number of hydrogen-bond donors (Lipinski definition) is 1. The minimum absolute atomic E-state index is 0.207. The summed E-state index contributed by atoms with van der Waals surface area (Å²) in [5.74, 6) is 0.123. The highest BCUT2D eigenvalue weighted by Crippen LogP contribution is 2.26. The van der Waals surface area contributed by atoms with Crippen LogP contribution in [-0.4, -0.2) is 103 Å². The first-order valence-electron chi connectivity index (χ1n) is 11.7. The lowest BCUT2D eigenvalue weighted by Gasteiger charge is -2.38. The number of sulfonamides is 1. The molecule has 0 spiro atoms. The number of amides is 2. The minimum atomic E-state index is -3.17. The second kappa shape index (κ2) is 10.3. The first-order valence-corrected chi connectivity index (χ1v) is 13.6. The molecule has 1 N–H and O–H groups in total. The lowest BCUT2D eigenvalue weighted by atomic mass is 10.1. The second-order valence-corrected chi connectivity index (χ2v) is 11.1. The van der Waals surface area contributed by atoms with Crippen molar-refractivity contribution in [3.8, 4) is 0 Å². The molecule has 0 bridgehead atoms. The Morgan fingerprint density at radius 3 is 2.31 bits per heavy atom. The summed E-state index contributed by atoms with van der Waals surface area (Å²) in [5, 5.41) is 6.71. The van der Waals surface area contributed by atoms with E-state index in [1.165, 1.54) is 33.3 Å². The highest BCUT2D eigenvalue weighted by molar-refractivity contribution is 7.88. The Morgan fingerprint density at radius 1 is 1.00 bits per heavy atom. The second-order valence-electron chi connectivity index (χ2n) is 9.15. The maximum atomic E-state index is 12.8. The monoisotopic (exact) mass is 503 g/mol. The molecular formula is C23H33N7O4S. The smallest absolute Gasteiger partial charge is 0.344 e. The number of hydrogen-bond acceptors (Lipinski definition) is 7. The van der Waals surface area contributed by atoms with Gasteiger partial charge in [-0.2, -0.15) is 8.99 Å². The zero-order valence-electron chi connectivity index (χ0n) is 20.5. The van der Waals surface area contributed by atoms with Gasteiger partial charge in [0.15, 0.2) is 5.82 Å². The number of nitrogens with zero attached hydrogens (tertiary/aromatic N) is 6. The van der Waals surface area contributed by atoms with Crippen molar-refractivity contribution in [1.82, 2.24) is 23.9 Å². The fourth-order valence-corrected chi connectivity index (χ4v) is 5.35. The van der Waals surface area contributed by atoms with Gasteiger partial charge in [0.2, 0.25) is 15.9 Å². The van der Waals surface area contributed by atoms with Crippen LogP contribution in [0.15, 0.2) is 30.5 Å². The van der Waals surface area contributed by atoms with Gasteiger partial charge < -0.3 is 15.1 Å². The first-order chi connectivity index (χ1) is 16.6. The molecule has 0 atom stereocenters. The Kier molecular flexibility index (Phi) is 7.43. The summed E-state index contributed by atoms with van der Waals surface area (Å²) in [6.45, 7) is 9.18. The van der Waals surface area contributed by atoms with Crippen molar-refractivity contribution < 1.29 is 18.0 Å². The van der Waals surface area contributed by atoms with E-state index in [0.717, 1.165) is 25.3 Å². The Labute approximate surface area is 206 Å². The van der Waals surface area contributed by atoms with Gasteiger partial charge in [-0.05, 0) is 24.1 Å². The zero-order valence-corrected chi connectivity index (χ0v) is 21.3. The summed E-state index contributed by atoms with van der Waals surface area (Å²) in [4.78, 5) is 30.4. The molecule has 2 saturated heterocycles. The molecule has 2 aliphatic heterocycles. The molecule has 0 radical (unpaired) electrons. The van der Waals surface area contributed by atoms with Gasteiger partial charge in [0, 0.05) is 83.8 Å². The van der Waals surface area contributed by atoms with E-state index in [0.29, 0.717) is 45.1 Å². The first kappa shape index (κ1) is 25.1. The number of aromatic nitrogens is 2. The molecule has 2 aliphatic rings. The van der Waals surface area contributed by atoms with Crippen LogP contribution in [0.1, 0.15) is 18.1 Å². The van der Waals surface area contributed by atoms with Crippen LogP contribution >= 0.6 is 0 Å². The van der Waals surface area contributed by atoms with E-state index in [1.807, 2.05) is 0 Å². The number of rotatable bonds is 5. The Morgan fingerprint density at radius 2 is 1.69 bits per heavy atom. The number of anilines is 2. The van der Waals surface area contributed by atoms with Crippen LogP contribution in [0.2, 0.25) is 0 Å². The van der Waals surface area contributed by atoms with Crippen LogP contribution < -0.4 is 10.2 Å². The summed E-state index contributed by atoms with van der Waals surface area (Å²) >= 11 is 0. The minimum Gasteiger partial charge on any atom is -0.369 e. The molecule has 1 aromatic heterocycles. The quantitative estimate of drug-likeness (QED) is 0.648. The van der Waals surface area contributed by atoms with Crippen LogP contribution in [0.25, 0.3) is 0 Å². The van der Waals surface area contributed by atoms with Crippen LogP contribution in [0.3, 0.4) is 0 Å². The van der Waals surface area contributed by atoms with Crippen molar-refractivity contribution in [3.05, 3.63) is 41.6 Å². The molecule has 190 valence electrons. The number of nitrogens with one attached hydrogen (secondary N) is 1. The maximum Gasteiger partial charge on any atom is 0.344 e. The van der Waals surface area contributed by atoms with Gasteiger partial charge in [-0.25, -0.2) is 13.2 Å². The van der Waals surface area contributed by atoms with Gasteiger partial charge in [0.1, 0.15) is 0 Å². The summed E-state index contributed by atoms with van der Waals surface area (Å²) in [5.41, 5.74) is 3.52. The molecule has 11 nitrogen and oxygen atoms in total. The van der Waals surface area contributed by atoms with E-state index in [1.54, 1.807) is 17.2 Å². The predicted molar refractivity (Wildman–Crippen MR) is 134 cm³/mol. The highest BCUT2D eigenvalue weighted by Gasteiger charge is 2.27. The fraction of sp³-hybridized carbons (Fsp3) is 0.522. The summed E-state index contributed by atoms with van der Waals surface area (Å²) in [6, 6.07) is 7.83. The molecule has 2 fully saturated rings. The van der Waals surface area contributed by atoms with Crippen LogP contribution in [0, 0.1) is 6.92 Å². The van der Waals surface area contributed by atoms with Crippen molar-refractivity contribution >= 4 is 33.5 Å². The third-order valence-electron chi connectivity index (χ3n) is 6.42. The highest BCUT2D eigenvalue weighted by atomic mass is 32.2. The van der Waals surface area contributed by atoms with E-state index in [2.05, 4.69) is 45.3 Å². The Balaban J connectivity index is 1.36. The van der Waals surface area contributed by atoms with Crippen molar-refractivity contribution in [2.75, 3.05) is 68.8 Å². The summed E-state index contributed by atoms with van der Waals surface area (Å²) in [7, 11) is -3.17. The molecule has 1 aromatic carbocycles. The third kappa shape index (κ3) is 6.19. The van der Waals surface area contributed by atoms with Gasteiger partial charge in [-0.15, -0.1) is 5.10 Å². The summed E-state index contributed by atoms with van der Waals surface area (Å²) < 4.78 is 26.5. The largest absolute Gasteiger partial charge is 0.369 e. The average Bonchev–Trinajstić information content (AvgIpc) is 3.27. The van der Waals surface area contributed by atoms with E-state index >= 15 is 0 Å². The molecule has 4 rings (SSSR count). The standard InChI is InChI=1S/C23H33N7O4S/c1-18-4-5-20(21(16-18)27-12-14-29(15-13-27)35(3,33)34)17-26-8-10-28(11-9-26)23(32)30-7-6-22(25-30)24-19(2)31/h4-7,16H,8-15,17H2,1-3H3,(H,24,25,31). The van der Waals surface area contributed by atoms with Crippen molar-refractivity contribution in [2.45, 2.75) is 20.4 Å². The lowest BCUT2D eigenvalue weighted by molar-refractivity contribution is -0.114. The molecule has 0 saturated carbocycles. The average molecular weight is 504 g/mol. The molecule has 35 heavy (non-hydrogen) atoms. The van der Waals surface area contributed by atoms with E-state index in [9.17, 15) is 18.0 Å². The van der Waals surface area contributed by atoms with Crippen LogP contribution in [0.5, 0.6) is 0 Å². The third-order valence-corrected chi connectivity index (χ3v) is 7.72. The molecule has 2 amide bonds. The number of aryl methyl sites for hydroxylation is 1. The Bertz CT molecular complexity index is 1180. The van der Waals surface area contributed by atoms with E-state index < -0.39 is 10.0 Å². The van der Waals surface area contributed by atoms with E-state index in [-0.39, 0.29) is 11.9 Å². The number of benzene rings is 1. The van der Waals surface area contributed by atoms with Crippen molar-refractivity contribution in [3.63, 3.8) is 0 Å². The normalized spacial score (nSPS) is 18.0. The SMILES string of the molecule is CC(=O)Nc1ccn(C(=O)N2CCN(Cc3ccc(C)cc3N3CCN(S(C)(=O)=O)CC3)CC2)n1. The number of carbonyl (C=O) groups excluding carboxylic acids is 2. The topological polar surface area (TPSA) is 111 Å². The van der Waals surface area contributed by atoms with Crippen LogP contribution in [-0.2, 0) is 21.4 Å². The molecule has 0 aliphatic carbocycles. The molecule has 0 unspecified atom stereocenters. The van der Waals surface area contributed by atoms with E-state index in [4.69, 9.17) is 0 Å². The Hall–Kier alpha value is -2.96. The van der Waals surface area contributed by atoms with Gasteiger partial charge in [-0.3, -0.25) is 9.69 Å². The number of piperazine rings is 2. The predicted octanol–water partition coefficient (Wildman–Crippen LogP) is 1.02. The fourth-order valence-electron chi connectivity index (χ4n) is 4.52. The molecule has 12 heteroatoms. The lowest BCUT2D eigenvalue weighted by Crippen LogP contribution is -2.50. The van der Waals surface area contributed by atoms with Crippen molar-refractivity contribution in [2.24, 2.45) is 0 Å².